The monoisotopic (exact) mass is 514 g/mol. The number of halogens is 1. The molecule has 11 nitrogen and oxygen atoms in total. The number of imidazole rings is 1. The molecule has 1 aliphatic heterocycles. The summed E-state index contributed by atoms with van der Waals surface area (Å²) in [6.07, 6.45) is 7.35. The summed E-state index contributed by atoms with van der Waals surface area (Å²) in [4.78, 5) is 37.6. The number of H-pyrrole nitrogens is 2. The summed E-state index contributed by atoms with van der Waals surface area (Å²) >= 11 is 0. The number of aromatic nitrogens is 7. The summed E-state index contributed by atoms with van der Waals surface area (Å²) in [5.74, 6) is -0.203. The van der Waals surface area contributed by atoms with Gasteiger partial charge in [-0.25, -0.2) is 19.3 Å². The van der Waals surface area contributed by atoms with Gasteiger partial charge >= 0.3 is 0 Å². The SMILES string of the molecule is CCCC(=O)Nc1cncc(-c2cnc3n[nH]c(-c4nc5nccc(N6CCN(C)CC6)c5[nH]4)c3c2F)c1. The number of carbonyl (C=O) groups is 1. The second kappa shape index (κ2) is 9.78. The zero-order valence-corrected chi connectivity index (χ0v) is 21.1. The molecule has 0 atom stereocenters. The number of anilines is 2. The highest BCUT2D eigenvalue weighted by atomic mass is 19.1. The molecule has 0 radical (unpaired) electrons. The van der Waals surface area contributed by atoms with Crippen molar-refractivity contribution in [1.29, 1.82) is 0 Å². The Bertz CT molecular complexity index is 1640. The fourth-order valence-corrected chi connectivity index (χ4v) is 4.76. The van der Waals surface area contributed by atoms with E-state index in [-0.39, 0.29) is 22.5 Å². The Morgan fingerprint density at radius 3 is 2.79 bits per heavy atom. The van der Waals surface area contributed by atoms with Crippen molar-refractivity contribution in [1.82, 2.24) is 40.0 Å². The predicted molar refractivity (Wildman–Crippen MR) is 143 cm³/mol. The van der Waals surface area contributed by atoms with E-state index in [9.17, 15) is 4.79 Å². The lowest BCUT2D eigenvalue weighted by Crippen LogP contribution is -2.44. The number of amides is 1. The highest BCUT2D eigenvalue weighted by Crippen LogP contribution is 2.34. The van der Waals surface area contributed by atoms with Crippen molar-refractivity contribution < 1.29 is 9.18 Å². The van der Waals surface area contributed by atoms with E-state index >= 15 is 4.39 Å². The standard InChI is InChI=1S/C26H27FN10O/c1-3-4-19(38)31-16-11-15(12-28-13-16)17-14-30-24-20(21(17)27)23(34-35-24)26-32-22-18(5-6-29-25(22)33-26)37-9-7-36(2)8-10-37/h5-6,11-14H,3-4,7-10H2,1-2H3,(H,31,38)(H,29,32,33)(H,30,34,35). The number of aromatic amines is 2. The van der Waals surface area contributed by atoms with Crippen LogP contribution in [0.4, 0.5) is 15.8 Å². The van der Waals surface area contributed by atoms with Crippen molar-refractivity contribution in [2.75, 3.05) is 43.4 Å². The number of nitrogens with one attached hydrogen (secondary N) is 3. The number of pyridine rings is 3. The second-order valence-electron chi connectivity index (χ2n) is 9.45. The number of hydrogen-bond acceptors (Lipinski definition) is 8. The lowest BCUT2D eigenvalue weighted by atomic mass is 10.1. The van der Waals surface area contributed by atoms with Crippen LogP contribution in [-0.4, -0.2) is 79.2 Å². The number of likely N-dealkylation sites (N-methyl/N-ethyl adjacent to an activating group) is 1. The Hall–Kier alpha value is -4.45. The Labute approximate surface area is 217 Å². The second-order valence-corrected chi connectivity index (χ2v) is 9.45. The lowest BCUT2D eigenvalue weighted by molar-refractivity contribution is -0.116. The van der Waals surface area contributed by atoms with Gasteiger partial charge in [0.2, 0.25) is 5.91 Å². The molecule has 6 rings (SSSR count). The average Bonchev–Trinajstić information content (AvgIpc) is 3.54. The maximum absolute atomic E-state index is 16.0. The number of nitrogens with zero attached hydrogens (tertiary/aromatic N) is 7. The third kappa shape index (κ3) is 4.32. The van der Waals surface area contributed by atoms with Crippen LogP contribution in [-0.2, 0) is 4.79 Å². The molecule has 3 N–H and O–H groups in total. The summed E-state index contributed by atoms with van der Waals surface area (Å²) in [6.45, 7) is 5.65. The smallest absolute Gasteiger partial charge is 0.224 e. The van der Waals surface area contributed by atoms with E-state index in [2.05, 4.69) is 57.3 Å². The molecule has 0 saturated carbocycles. The average molecular weight is 515 g/mol. The first-order valence-corrected chi connectivity index (χ1v) is 12.6. The van der Waals surface area contributed by atoms with E-state index in [1.165, 1.54) is 18.6 Å². The molecule has 1 aliphatic rings. The molecule has 5 aromatic rings. The summed E-state index contributed by atoms with van der Waals surface area (Å²) in [7, 11) is 2.11. The molecule has 0 aromatic carbocycles. The number of carbonyl (C=O) groups excluding carboxylic acids is 1. The quantitative estimate of drug-likeness (QED) is 0.313. The highest BCUT2D eigenvalue weighted by Gasteiger charge is 2.23. The van der Waals surface area contributed by atoms with E-state index in [0.29, 0.717) is 34.8 Å². The first kappa shape index (κ1) is 23.9. The third-order valence-corrected chi connectivity index (χ3v) is 6.78. The number of piperazine rings is 1. The van der Waals surface area contributed by atoms with Crippen LogP contribution in [0.1, 0.15) is 19.8 Å². The van der Waals surface area contributed by atoms with Gasteiger partial charge in [0.05, 0.1) is 23.0 Å². The van der Waals surface area contributed by atoms with Crippen LogP contribution in [0, 0.1) is 5.82 Å². The maximum Gasteiger partial charge on any atom is 0.224 e. The number of hydrogen-bond donors (Lipinski definition) is 3. The Morgan fingerprint density at radius 1 is 1.13 bits per heavy atom. The summed E-state index contributed by atoms with van der Waals surface area (Å²) in [6, 6.07) is 3.65. The van der Waals surface area contributed by atoms with Crippen LogP contribution in [0.2, 0.25) is 0 Å². The van der Waals surface area contributed by atoms with Crippen molar-refractivity contribution in [3.63, 3.8) is 0 Å². The molecule has 1 fully saturated rings. The predicted octanol–water partition coefficient (Wildman–Crippen LogP) is 3.59. The summed E-state index contributed by atoms with van der Waals surface area (Å²) in [5, 5.41) is 10.1. The molecule has 5 aromatic heterocycles. The van der Waals surface area contributed by atoms with Gasteiger partial charge in [-0.15, -0.1) is 0 Å². The van der Waals surface area contributed by atoms with E-state index in [1.54, 1.807) is 12.3 Å². The van der Waals surface area contributed by atoms with Crippen molar-refractivity contribution in [2.45, 2.75) is 19.8 Å². The number of rotatable bonds is 6. The molecule has 0 bridgehead atoms. The lowest BCUT2D eigenvalue weighted by Gasteiger charge is -2.34. The van der Waals surface area contributed by atoms with Crippen LogP contribution in [0.15, 0.2) is 36.9 Å². The third-order valence-electron chi connectivity index (χ3n) is 6.78. The molecule has 0 unspecified atom stereocenters. The fraction of sp³-hybridized carbons (Fsp3) is 0.308. The van der Waals surface area contributed by atoms with Crippen LogP contribution in [0.3, 0.4) is 0 Å². The molecule has 38 heavy (non-hydrogen) atoms. The van der Waals surface area contributed by atoms with Gasteiger partial charge in [-0.1, -0.05) is 6.92 Å². The Kier molecular flexibility index (Phi) is 6.16. The van der Waals surface area contributed by atoms with Crippen LogP contribution in [0.25, 0.3) is 44.8 Å². The van der Waals surface area contributed by atoms with Crippen LogP contribution >= 0.6 is 0 Å². The summed E-state index contributed by atoms with van der Waals surface area (Å²) in [5.41, 5.74) is 4.19. The topological polar surface area (TPSA) is 132 Å². The van der Waals surface area contributed by atoms with Crippen molar-refractivity contribution in [3.05, 3.63) is 42.7 Å². The molecule has 1 saturated heterocycles. The van der Waals surface area contributed by atoms with Gasteiger partial charge in [0.15, 0.2) is 17.1 Å². The van der Waals surface area contributed by atoms with Crippen molar-refractivity contribution in [3.8, 4) is 22.6 Å². The van der Waals surface area contributed by atoms with Crippen molar-refractivity contribution >= 4 is 39.5 Å². The Morgan fingerprint density at radius 2 is 1.97 bits per heavy atom. The Balaban J connectivity index is 1.39. The van der Waals surface area contributed by atoms with Crippen molar-refractivity contribution in [2.24, 2.45) is 0 Å². The summed E-state index contributed by atoms with van der Waals surface area (Å²) < 4.78 is 16.0. The first-order valence-electron chi connectivity index (χ1n) is 12.6. The van der Waals surface area contributed by atoms with Gasteiger partial charge in [0.1, 0.15) is 17.0 Å². The largest absolute Gasteiger partial charge is 0.367 e. The first-order chi connectivity index (χ1) is 18.5. The number of fused-ring (bicyclic) bond motifs is 2. The molecule has 12 heteroatoms. The zero-order valence-electron chi connectivity index (χ0n) is 21.1. The minimum atomic E-state index is -0.509. The van der Waals surface area contributed by atoms with Gasteiger partial charge in [-0.05, 0) is 25.6 Å². The minimum Gasteiger partial charge on any atom is -0.367 e. The van der Waals surface area contributed by atoms with E-state index in [1.807, 2.05) is 13.0 Å². The molecular weight excluding hydrogens is 487 g/mol. The van der Waals surface area contributed by atoms with E-state index in [0.717, 1.165) is 43.8 Å². The molecule has 0 aliphatic carbocycles. The van der Waals surface area contributed by atoms with E-state index < -0.39 is 5.82 Å². The molecule has 1 amide bonds. The van der Waals surface area contributed by atoms with Gasteiger partial charge in [-0.3, -0.25) is 14.9 Å². The molecule has 194 valence electrons. The van der Waals surface area contributed by atoms with Crippen LogP contribution in [0.5, 0.6) is 0 Å². The molecule has 6 heterocycles. The minimum absolute atomic E-state index is 0.118. The molecular formula is C26H27FN10O. The van der Waals surface area contributed by atoms with E-state index in [4.69, 9.17) is 0 Å². The van der Waals surface area contributed by atoms with Gasteiger partial charge < -0.3 is 20.1 Å². The van der Waals surface area contributed by atoms with Crippen LogP contribution < -0.4 is 10.2 Å². The van der Waals surface area contributed by atoms with Gasteiger partial charge in [0.25, 0.3) is 0 Å². The molecule has 0 spiro atoms. The highest BCUT2D eigenvalue weighted by molar-refractivity contribution is 5.96. The maximum atomic E-state index is 16.0. The van der Waals surface area contributed by atoms with Gasteiger partial charge in [-0.2, -0.15) is 5.10 Å². The van der Waals surface area contributed by atoms with Gasteiger partial charge in [0, 0.05) is 62.3 Å². The zero-order chi connectivity index (χ0) is 26.2. The fourth-order valence-electron chi connectivity index (χ4n) is 4.76. The normalized spacial score (nSPS) is 14.4.